The first-order valence-corrected chi connectivity index (χ1v) is 5.10. The molecule has 0 fully saturated rings. The van der Waals surface area contributed by atoms with Gasteiger partial charge in [0.25, 0.3) is 0 Å². The molecule has 14 heavy (non-hydrogen) atoms. The van der Waals surface area contributed by atoms with Crippen molar-refractivity contribution < 1.29 is 4.74 Å². The fourth-order valence-electron chi connectivity index (χ4n) is 1.46. The maximum Gasteiger partial charge on any atom is 0.123 e. The van der Waals surface area contributed by atoms with Crippen molar-refractivity contribution in [2.24, 2.45) is 0 Å². The van der Waals surface area contributed by atoms with Gasteiger partial charge in [-0.3, -0.25) is 4.98 Å². The van der Waals surface area contributed by atoms with Crippen molar-refractivity contribution in [2.75, 3.05) is 7.11 Å². The summed E-state index contributed by atoms with van der Waals surface area (Å²) in [6, 6.07) is 6.08. The number of fused-ring (bicyclic) bond motifs is 1. The van der Waals surface area contributed by atoms with E-state index in [-0.39, 0.29) is 0 Å². The second-order valence-electron chi connectivity index (χ2n) is 3.17. The molecule has 0 atom stereocenters. The van der Waals surface area contributed by atoms with Gasteiger partial charge in [0.1, 0.15) is 5.75 Å². The number of pyridine rings is 1. The van der Waals surface area contributed by atoms with E-state index in [0.29, 0.717) is 0 Å². The Morgan fingerprint density at radius 2 is 2.07 bits per heavy atom. The Bertz CT molecular complexity index is 482. The average molecular weight is 252 g/mol. The van der Waals surface area contributed by atoms with Gasteiger partial charge in [0.05, 0.1) is 12.6 Å². The van der Waals surface area contributed by atoms with Gasteiger partial charge in [-0.15, -0.1) is 0 Å². The maximum atomic E-state index is 5.23. The van der Waals surface area contributed by atoms with Gasteiger partial charge in [-0.25, -0.2) is 0 Å². The number of ether oxygens (including phenoxy) is 1. The van der Waals surface area contributed by atoms with Crippen molar-refractivity contribution in [2.45, 2.75) is 6.92 Å². The highest BCUT2D eigenvalue weighted by Crippen LogP contribution is 2.25. The van der Waals surface area contributed by atoms with Crippen LogP contribution in [-0.2, 0) is 0 Å². The predicted molar refractivity (Wildman–Crippen MR) is 60.7 cm³/mol. The summed E-state index contributed by atoms with van der Waals surface area (Å²) in [7, 11) is 1.67. The number of hydrogen-bond donors (Lipinski definition) is 0. The molecule has 0 spiro atoms. The van der Waals surface area contributed by atoms with Crippen LogP contribution >= 0.6 is 15.9 Å². The normalized spacial score (nSPS) is 10.5. The Kier molecular flexibility index (Phi) is 2.42. The highest BCUT2D eigenvalue weighted by atomic mass is 79.9. The molecule has 0 saturated carbocycles. The van der Waals surface area contributed by atoms with Gasteiger partial charge in [0.15, 0.2) is 0 Å². The number of halogens is 1. The molecule has 0 bridgehead atoms. The van der Waals surface area contributed by atoms with Crippen molar-refractivity contribution in [1.29, 1.82) is 0 Å². The molecule has 0 unspecified atom stereocenters. The molecule has 1 heterocycles. The molecule has 2 rings (SSSR count). The molecule has 3 heteroatoms. The summed E-state index contributed by atoms with van der Waals surface area (Å²) in [4.78, 5) is 4.30. The zero-order chi connectivity index (χ0) is 10.1. The smallest absolute Gasteiger partial charge is 0.123 e. The van der Waals surface area contributed by atoms with E-state index in [0.717, 1.165) is 26.7 Å². The van der Waals surface area contributed by atoms with Gasteiger partial charge in [-0.1, -0.05) is 0 Å². The zero-order valence-corrected chi connectivity index (χ0v) is 9.63. The van der Waals surface area contributed by atoms with E-state index in [1.807, 2.05) is 13.0 Å². The van der Waals surface area contributed by atoms with E-state index in [4.69, 9.17) is 4.74 Å². The minimum absolute atomic E-state index is 0.882. The monoisotopic (exact) mass is 251 g/mol. The van der Waals surface area contributed by atoms with E-state index in [1.54, 1.807) is 13.3 Å². The summed E-state index contributed by atoms with van der Waals surface area (Å²) in [6.07, 6.45) is 1.79. The van der Waals surface area contributed by atoms with E-state index >= 15 is 0 Å². The summed E-state index contributed by atoms with van der Waals surface area (Å²) in [6.45, 7) is 2.03. The third-order valence-electron chi connectivity index (χ3n) is 2.16. The topological polar surface area (TPSA) is 22.1 Å². The van der Waals surface area contributed by atoms with Crippen LogP contribution in [0.15, 0.2) is 28.9 Å². The van der Waals surface area contributed by atoms with Crippen LogP contribution in [0.5, 0.6) is 5.75 Å². The Balaban J connectivity index is 2.73. The third-order valence-corrected chi connectivity index (χ3v) is 2.60. The quantitative estimate of drug-likeness (QED) is 0.776. The van der Waals surface area contributed by atoms with E-state index in [1.165, 1.54) is 0 Å². The number of methoxy groups -OCH3 is 1. The lowest BCUT2D eigenvalue weighted by molar-refractivity contribution is 0.412. The summed E-state index contributed by atoms with van der Waals surface area (Å²) >= 11 is 3.40. The first-order chi connectivity index (χ1) is 6.70. The molecule has 0 amide bonds. The van der Waals surface area contributed by atoms with Crippen LogP contribution in [0.2, 0.25) is 0 Å². The molecule has 0 aliphatic heterocycles. The lowest BCUT2D eigenvalue weighted by Crippen LogP contribution is -1.88. The molecule has 72 valence electrons. The van der Waals surface area contributed by atoms with Gasteiger partial charge in [0.2, 0.25) is 0 Å². The van der Waals surface area contributed by atoms with E-state index < -0.39 is 0 Å². The van der Waals surface area contributed by atoms with Gasteiger partial charge < -0.3 is 4.74 Å². The molecule has 0 N–H and O–H groups in total. The van der Waals surface area contributed by atoms with Crippen molar-refractivity contribution in [3.05, 3.63) is 34.4 Å². The standard InChI is InChI=1S/C11H10BrNO/c1-7-3-8-4-9(12)6-13-10(8)5-11(7)14-2/h3-6H,1-2H3. The largest absolute Gasteiger partial charge is 0.496 e. The lowest BCUT2D eigenvalue weighted by atomic mass is 10.1. The first kappa shape index (κ1) is 9.46. The molecule has 0 aliphatic rings. The second-order valence-corrected chi connectivity index (χ2v) is 4.08. The zero-order valence-electron chi connectivity index (χ0n) is 8.04. The third kappa shape index (κ3) is 1.60. The molecular weight excluding hydrogens is 242 g/mol. The predicted octanol–water partition coefficient (Wildman–Crippen LogP) is 3.31. The Labute approximate surface area is 91.0 Å². The van der Waals surface area contributed by atoms with Crippen LogP contribution in [0, 0.1) is 6.92 Å². The van der Waals surface area contributed by atoms with Gasteiger partial charge >= 0.3 is 0 Å². The van der Waals surface area contributed by atoms with Crippen LogP contribution in [0.4, 0.5) is 0 Å². The van der Waals surface area contributed by atoms with Crippen LogP contribution in [0.25, 0.3) is 10.9 Å². The molecular formula is C11H10BrNO. The van der Waals surface area contributed by atoms with Gasteiger partial charge in [-0.05, 0) is 40.5 Å². The van der Waals surface area contributed by atoms with Crippen molar-refractivity contribution >= 4 is 26.8 Å². The number of aryl methyl sites for hydroxylation is 1. The Morgan fingerprint density at radius 1 is 1.29 bits per heavy atom. The van der Waals surface area contributed by atoms with Crippen LogP contribution < -0.4 is 4.74 Å². The minimum atomic E-state index is 0.882. The molecule has 0 aliphatic carbocycles. The second kappa shape index (κ2) is 3.58. The van der Waals surface area contributed by atoms with Crippen molar-refractivity contribution in [1.82, 2.24) is 4.98 Å². The number of rotatable bonds is 1. The number of hydrogen-bond acceptors (Lipinski definition) is 2. The van der Waals surface area contributed by atoms with Crippen LogP contribution in [0.3, 0.4) is 0 Å². The Morgan fingerprint density at radius 3 is 2.79 bits per heavy atom. The van der Waals surface area contributed by atoms with Gasteiger partial charge in [0, 0.05) is 22.1 Å². The minimum Gasteiger partial charge on any atom is -0.496 e. The molecule has 1 aromatic carbocycles. The van der Waals surface area contributed by atoms with E-state index in [9.17, 15) is 0 Å². The highest BCUT2D eigenvalue weighted by Gasteiger charge is 2.02. The van der Waals surface area contributed by atoms with Gasteiger partial charge in [-0.2, -0.15) is 0 Å². The fraction of sp³-hybridized carbons (Fsp3) is 0.182. The maximum absolute atomic E-state index is 5.23. The molecule has 0 radical (unpaired) electrons. The molecule has 2 aromatic rings. The van der Waals surface area contributed by atoms with Crippen LogP contribution in [0.1, 0.15) is 5.56 Å². The van der Waals surface area contributed by atoms with Crippen molar-refractivity contribution in [3.8, 4) is 5.75 Å². The summed E-state index contributed by atoms with van der Waals surface area (Å²) in [5.41, 5.74) is 2.08. The molecule has 0 saturated heterocycles. The molecule has 1 aromatic heterocycles. The summed E-state index contributed by atoms with van der Waals surface area (Å²) in [5.74, 6) is 0.882. The lowest BCUT2D eigenvalue weighted by Gasteiger charge is -2.06. The Hall–Kier alpha value is -1.09. The number of benzene rings is 1. The van der Waals surface area contributed by atoms with E-state index in [2.05, 4.69) is 33.0 Å². The summed E-state index contributed by atoms with van der Waals surface area (Å²) < 4.78 is 6.23. The highest BCUT2D eigenvalue weighted by molar-refractivity contribution is 9.10. The number of nitrogens with zero attached hydrogens (tertiary/aromatic N) is 1. The molecule has 2 nitrogen and oxygen atoms in total. The van der Waals surface area contributed by atoms with Crippen molar-refractivity contribution in [3.63, 3.8) is 0 Å². The average Bonchev–Trinajstić information content (AvgIpc) is 2.16. The first-order valence-electron chi connectivity index (χ1n) is 4.30. The SMILES string of the molecule is COc1cc2ncc(Br)cc2cc1C. The summed E-state index contributed by atoms with van der Waals surface area (Å²) in [5, 5.41) is 1.12. The van der Waals surface area contributed by atoms with Crippen LogP contribution in [-0.4, -0.2) is 12.1 Å². The fourth-order valence-corrected chi connectivity index (χ4v) is 1.81. The number of aromatic nitrogens is 1.